The molecule has 12 heteroatoms. The zero-order valence-corrected chi connectivity index (χ0v) is 14.8. The van der Waals surface area contributed by atoms with Crippen LogP contribution in [0.1, 0.15) is 36.1 Å². The van der Waals surface area contributed by atoms with E-state index < -0.39 is 36.0 Å². The van der Waals surface area contributed by atoms with Gasteiger partial charge in [-0.05, 0) is 32.8 Å². The fourth-order valence-corrected chi connectivity index (χ4v) is 2.36. The number of aliphatic carboxylic acids is 1. The van der Waals surface area contributed by atoms with E-state index in [9.17, 15) is 27.9 Å². The van der Waals surface area contributed by atoms with Gasteiger partial charge >= 0.3 is 12.1 Å². The number of carboxylic acid groups (broad SMARTS) is 1. The smallest absolute Gasteiger partial charge is 0.453 e. The maximum atomic E-state index is 12.8. The maximum absolute atomic E-state index is 12.8. The number of fused-ring (bicyclic) bond motifs is 1. The summed E-state index contributed by atoms with van der Waals surface area (Å²) in [5, 5.41) is 24.1. The molecule has 0 aliphatic heterocycles. The summed E-state index contributed by atoms with van der Waals surface area (Å²) in [6.45, 7) is 3.69. The van der Waals surface area contributed by atoms with Crippen molar-refractivity contribution in [2.75, 3.05) is 6.54 Å². The molecule has 2 aromatic rings. The number of carbonyl (C=O) groups excluding carboxylic acids is 1. The third kappa shape index (κ3) is 4.51. The molecule has 1 atom stereocenters. The standard InChI is InChI=1S/C15H18F3N5O4/c1-7-9(4-5-10(24)19-6-14(3,27)12(25)26)8(2)23-13(20-7)21-11(22-23)15(16,17)18/h27H,4-6H2,1-3H3,(H,19,24)(H,25,26). The first-order chi connectivity index (χ1) is 12.3. The molecule has 0 radical (unpaired) electrons. The first-order valence-corrected chi connectivity index (χ1v) is 7.85. The Morgan fingerprint density at radius 1 is 1.22 bits per heavy atom. The minimum Gasteiger partial charge on any atom is -0.479 e. The molecule has 0 fully saturated rings. The lowest BCUT2D eigenvalue weighted by molar-refractivity contribution is -0.156. The molecule has 0 bridgehead atoms. The molecule has 2 aromatic heterocycles. The molecule has 0 aliphatic rings. The Bertz CT molecular complexity index is 892. The number of carbonyl (C=O) groups is 2. The second-order valence-electron chi connectivity index (χ2n) is 6.26. The molecule has 2 heterocycles. The lowest BCUT2D eigenvalue weighted by Crippen LogP contribution is -2.46. The first-order valence-electron chi connectivity index (χ1n) is 7.85. The molecule has 0 saturated heterocycles. The Kier molecular flexibility index (Phi) is 5.40. The Morgan fingerprint density at radius 2 is 1.85 bits per heavy atom. The van der Waals surface area contributed by atoms with Crippen LogP contribution in [0, 0.1) is 13.8 Å². The minimum atomic E-state index is -4.70. The van der Waals surface area contributed by atoms with Gasteiger partial charge in [0.25, 0.3) is 11.6 Å². The molecular weight excluding hydrogens is 371 g/mol. The number of halogens is 3. The number of aliphatic hydroxyl groups is 1. The number of amides is 1. The van der Waals surface area contributed by atoms with Crippen LogP contribution in [0.2, 0.25) is 0 Å². The summed E-state index contributed by atoms with van der Waals surface area (Å²) in [6.07, 6.45) is -4.64. The van der Waals surface area contributed by atoms with E-state index in [0.717, 1.165) is 11.4 Å². The van der Waals surface area contributed by atoms with Crippen LogP contribution in [-0.4, -0.2) is 53.8 Å². The van der Waals surface area contributed by atoms with Crippen molar-refractivity contribution in [2.45, 2.75) is 45.4 Å². The zero-order valence-electron chi connectivity index (χ0n) is 14.8. The number of rotatable bonds is 6. The number of hydrogen-bond acceptors (Lipinski definition) is 6. The third-order valence-corrected chi connectivity index (χ3v) is 4.00. The van der Waals surface area contributed by atoms with Crippen molar-refractivity contribution in [1.29, 1.82) is 0 Å². The van der Waals surface area contributed by atoms with E-state index in [1.807, 2.05) is 0 Å². The average molecular weight is 389 g/mol. The highest BCUT2D eigenvalue weighted by Gasteiger charge is 2.37. The monoisotopic (exact) mass is 389 g/mol. The van der Waals surface area contributed by atoms with Gasteiger partial charge < -0.3 is 15.5 Å². The number of nitrogens with one attached hydrogen (secondary N) is 1. The Hall–Kier alpha value is -2.76. The summed E-state index contributed by atoms with van der Waals surface area (Å²) in [4.78, 5) is 30.0. The number of hydrogen-bond donors (Lipinski definition) is 3. The lowest BCUT2D eigenvalue weighted by Gasteiger charge is -2.18. The summed E-state index contributed by atoms with van der Waals surface area (Å²) >= 11 is 0. The van der Waals surface area contributed by atoms with Gasteiger partial charge in [-0.3, -0.25) is 4.79 Å². The Balaban J connectivity index is 2.15. The molecule has 0 aliphatic carbocycles. The van der Waals surface area contributed by atoms with Crippen molar-refractivity contribution in [3.63, 3.8) is 0 Å². The molecule has 3 N–H and O–H groups in total. The van der Waals surface area contributed by atoms with Gasteiger partial charge in [-0.1, -0.05) is 0 Å². The predicted molar refractivity (Wildman–Crippen MR) is 84.8 cm³/mol. The topological polar surface area (TPSA) is 130 Å². The number of carboxylic acids is 1. The van der Waals surface area contributed by atoms with Crippen molar-refractivity contribution in [3.8, 4) is 0 Å². The van der Waals surface area contributed by atoms with Crippen LogP contribution < -0.4 is 5.32 Å². The quantitative estimate of drug-likeness (QED) is 0.661. The highest BCUT2D eigenvalue weighted by molar-refractivity contribution is 5.80. The summed E-state index contributed by atoms with van der Waals surface area (Å²) < 4.78 is 39.3. The van der Waals surface area contributed by atoms with Crippen molar-refractivity contribution in [3.05, 3.63) is 22.8 Å². The van der Waals surface area contributed by atoms with Crippen molar-refractivity contribution in [2.24, 2.45) is 0 Å². The van der Waals surface area contributed by atoms with Crippen LogP contribution in [0.3, 0.4) is 0 Å². The molecule has 0 saturated carbocycles. The van der Waals surface area contributed by atoms with E-state index >= 15 is 0 Å². The number of alkyl halides is 3. The zero-order chi connectivity index (χ0) is 20.6. The van der Waals surface area contributed by atoms with E-state index in [2.05, 4.69) is 20.4 Å². The van der Waals surface area contributed by atoms with E-state index in [1.54, 1.807) is 13.8 Å². The van der Waals surface area contributed by atoms with Crippen LogP contribution in [0.5, 0.6) is 0 Å². The fraction of sp³-hybridized carbons (Fsp3) is 0.533. The van der Waals surface area contributed by atoms with Gasteiger partial charge in [0, 0.05) is 17.8 Å². The van der Waals surface area contributed by atoms with Gasteiger partial charge in [0.2, 0.25) is 5.91 Å². The fourth-order valence-electron chi connectivity index (χ4n) is 2.36. The highest BCUT2D eigenvalue weighted by atomic mass is 19.4. The van der Waals surface area contributed by atoms with Crippen LogP contribution in [0.25, 0.3) is 5.78 Å². The number of aryl methyl sites for hydroxylation is 2. The Morgan fingerprint density at radius 3 is 2.41 bits per heavy atom. The molecule has 1 unspecified atom stereocenters. The second-order valence-corrected chi connectivity index (χ2v) is 6.26. The first kappa shape index (κ1) is 20.6. The van der Waals surface area contributed by atoms with Crippen molar-refractivity contribution < 1.29 is 33.0 Å². The van der Waals surface area contributed by atoms with Gasteiger partial charge in [0.15, 0.2) is 5.60 Å². The predicted octanol–water partition coefficient (Wildman–Crippen LogP) is 0.644. The molecule has 9 nitrogen and oxygen atoms in total. The number of aromatic nitrogens is 4. The van der Waals surface area contributed by atoms with Gasteiger partial charge in [0.05, 0.1) is 6.54 Å². The normalized spacial score (nSPS) is 14.2. The summed E-state index contributed by atoms with van der Waals surface area (Å²) in [5.74, 6) is -3.49. The van der Waals surface area contributed by atoms with Crippen LogP contribution >= 0.6 is 0 Å². The number of nitrogens with zero attached hydrogens (tertiary/aromatic N) is 4. The summed E-state index contributed by atoms with van der Waals surface area (Å²) in [7, 11) is 0. The second kappa shape index (κ2) is 7.10. The van der Waals surface area contributed by atoms with Crippen LogP contribution in [0.4, 0.5) is 13.2 Å². The maximum Gasteiger partial charge on any atom is 0.453 e. The molecule has 0 aromatic carbocycles. The molecular formula is C15H18F3N5O4. The van der Waals surface area contributed by atoms with Crippen LogP contribution in [-0.2, 0) is 22.2 Å². The van der Waals surface area contributed by atoms with Crippen molar-refractivity contribution in [1.82, 2.24) is 24.9 Å². The molecule has 1 amide bonds. The SMILES string of the molecule is Cc1nc2nc(C(F)(F)F)nn2c(C)c1CCC(=O)NCC(C)(O)C(=O)O. The average Bonchev–Trinajstić information content (AvgIpc) is 2.97. The molecule has 2 rings (SSSR count). The van der Waals surface area contributed by atoms with Gasteiger partial charge in [0.1, 0.15) is 0 Å². The van der Waals surface area contributed by atoms with E-state index in [-0.39, 0.29) is 18.6 Å². The van der Waals surface area contributed by atoms with Gasteiger partial charge in [-0.25, -0.2) is 14.3 Å². The largest absolute Gasteiger partial charge is 0.479 e. The van der Waals surface area contributed by atoms with Gasteiger partial charge in [-0.15, -0.1) is 5.10 Å². The van der Waals surface area contributed by atoms with Gasteiger partial charge in [-0.2, -0.15) is 18.2 Å². The van der Waals surface area contributed by atoms with E-state index in [1.165, 1.54) is 0 Å². The molecule has 27 heavy (non-hydrogen) atoms. The van der Waals surface area contributed by atoms with E-state index in [4.69, 9.17) is 5.11 Å². The summed E-state index contributed by atoms with van der Waals surface area (Å²) in [6, 6.07) is 0. The van der Waals surface area contributed by atoms with Crippen LogP contribution in [0.15, 0.2) is 0 Å². The van der Waals surface area contributed by atoms with E-state index in [0.29, 0.717) is 17.0 Å². The third-order valence-electron chi connectivity index (χ3n) is 4.00. The summed E-state index contributed by atoms with van der Waals surface area (Å²) in [5.41, 5.74) is -0.796. The lowest BCUT2D eigenvalue weighted by atomic mass is 10.1. The molecule has 148 valence electrons. The highest BCUT2D eigenvalue weighted by Crippen LogP contribution is 2.27. The molecule has 0 spiro atoms. The Labute approximate surface area is 151 Å². The minimum absolute atomic E-state index is 0.0780. The van der Waals surface area contributed by atoms with Crippen molar-refractivity contribution >= 4 is 17.7 Å².